The van der Waals surface area contributed by atoms with Crippen LogP contribution in [-0.2, 0) is 21.8 Å². The van der Waals surface area contributed by atoms with E-state index in [2.05, 4.69) is 11.7 Å². The van der Waals surface area contributed by atoms with E-state index in [0.29, 0.717) is 0 Å². The topological polar surface area (TPSA) is 29.1 Å². The van der Waals surface area contributed by atoms with Crippen molar-refractivity contribution in [1.82, 2.24) is 5.32 Å². The molecule has 0 aromatic rings. The van der Waals surface area contributed by atoms with E-state index in [0.717, 1.165) is 0 Å². The van der Waals surface area contributed by atoms with E-state index in [4.69, 9.17) is 3.57 Å². The van der Waals surface area contributed by atoms with Gasteiger partial charge >= 0.3 is 21.8 Å². The second-order valence-electron chi connectivity index (χ2n) is 1.62. The quantitative estimate of drug-likeness (QED) is 0.528. The second-order valence-corrected chi connectivity index (χ2v) is 1.62. The molecule has 1 rings (SSSR count). The maximum absolute atomic E-state index is 8.38. The van der Waals surface area contributed by atoms with Gasteiger partial charge in [0.15, 0.2) is 0 Å². The van der Waals surface area contributed by atoms with Crippen LogP contribution in [-0.4, -0.2) is 13.1 Å². The summed E-state index contributed by atoms with van der Waals surface area (Å²) in [7, 11) is 0. The molecule has 0 saturated carbocycles. The van der Waals surface area contributed by atoms with Crippen LogP contribution in [0.2, 0.25) is 0 Å². The zero-order valence-corrected chi connectivity index (χ0v) is 7.99. The molecule has 8 heavy (non-hydrogen) atoms. The predicted octanol–water partition coefficient (Wildman–Crippen LogP) is 0.453. The Morgan fingerprint density at radius 1 is 1.25 bits per heavy atom. The first-order chi connectivity index (χ1) is 4.00. The molecular formula is C5H10NOZn. The molecule has 1 saturated heterocycles. The molecule has 0 amide bonds. The van der Waals surface area contributed by atoms with Gasteiger partial charge in [0.2, 0.25) is 0 Å². The number of hydrogen-bond donors (Lipinski definition) is 1. The Bertz CT molecular complexity index is 36.2. The van der Waals surface area contributed by atoms with Crippen molar-refractivity contribution in [1.29, 1.82) is 0 Å². The Balaban J connectivity index is 0.000000222. The Morgan fingerprint density at radius 3 is 1.88 bits per heavy atom. The predicted molar refractivity (Wildman–Crippen MR) is 27.1 cm³/mol. The van der Waals surface area contributed by atoms with Crippen LogP contribution in [0.4, 0.5) is 0 Å². The van der Waals surface area contributed by atoms with Gasteiger partial charge in [-0.25, -0.2) is 0 Å². The number of piperidine rings is 1. The van der Waals surface area contributed by atoms with Gasteiger partial charge in [0.1, 0.15) is 0 Å². The molecule has 1 radical (unpaired) electrons. The van der Waals surface area contributed by atoms with E-state index in [1.807, 2.05) is 0 Å². The molecule has 1 fully saturated rings. The fraction of sp³-hybridized carbons (Fsp3) is 0.800. The van der Waals surface area contributed by atoms with Crippen LogP contribution in [0.1, 0.15) is 12.8 Å². The van der Waals surface area contributed by atoms with Gasteiger partial charge in [0, 0.05) is 0 Å². The van der Waals surface area contributed by atoms with Crippen LogP contribution in [0.15, 0.2) is 0 Å². The van der Waals surface area contributed by atoms with Gasteiger partial charge < -0.3 is 5.32 Å². The van der Waals surface area contributed by atoms with E-state index in [1.54, 1.807) is 0 Å². The third kappa shape index (κ3) is 4.54. The molecule has 1 aliphatic rings. The van der Waals surface area contributed by atoms with Crippen molar-refractivity contribution in [2.75, 3.05) is 13.1 Å². The van der Waals surface area contributed by atoms with E-state index in [-0.39, 0.29) is 18.3 Å². The van der Waals surface area contributed by atoms with Gasteiger partial charge in [-0.1, -0.05) is 0 Å². The first-order valence-corrected chi connectivity index (χ1v) is 4.02. The van der Waals surface area contributed by atoms with Gasteiger partial charge in [0.05, 0.1) is 0 Å². The Kier molecular flexibility index (Phi) is 7.74. The molecule has 0 atom stereocenters. The molecule has 1 heterocycles. The second kappa shape index (κ2) is 7.38. The van der Waals surface area contributed by atoms with Gasteiger partial charge in [-0.2, -0.15) is 0 Å². The van der Waals surface area contributed by atoms with Gasteiger partial charge in [0.25, 0.3) is 0 Å². The molecule has 0 unspecified atom stereocenters. The average molecular weight is 166 g/mol. The normalized spacial score (nSPS) is 18.8. The molecule has 0 aliphatic carbocycles. The van der Waals surface area contributed by atoms with E-state index in [1.165, 1.54) is 25.9 Å². The first-order valence-electron chi connectivity index (χ1n) is 2.81. The zero-order valence-electron chi connectivity index (χ0n) is 5.02. The molecular weight excluding hydrogens is 155 g/mol. The van der Waals surface area contributed by atoms with Crippen LogP contribution < -0.4 is 5.32 Å². The summed E-state index contributed by atoms with van der Waals surface area (Å²) in [6, 6.07) is 0. The van der Waals surface area contributed by atoms with Crippen molar-refractivity contribution < 1.29 is 21.8 Å². The molecule has 2 nitrogen and oxygen atoms in total. The van der Waals surface area contributed by atoms with Crippen LogP contribution in [0, 0.1) is 6.42 Å². The van der Waals surface area contributed by atoms with Crippen molar-refractivity contribution in [3.63, 3.8) is 0 Å². The van der Waals surface area contributed by atoms with Crippen LogP contribution >= 0.6 is 0 Å². The summed E-state index contributed by atoms with van der Waals surface area (Å²) in [5.74, 6) is 0. The molecule has 3 heteroatoms. The summed E-state index contributed by atoms with van der Waals surface area (Å²) in [4.78, 5) is 0. The van der Waals surface area contributed by atoms with Crippen LogP contribution in [0.25, 0.3) is 0 Å². The fourth-order valence-corrected chi connectivity index (χ4v) is 0.678. The molecule has 1 aliphatic heterocycles. The van der Waals surface area contributed by atoms with E-state index < -0.39 is 0 Å². The van der Waals surface area contributed by atoms with Crippen molar-refractivity contribution in [2.24, 2.45) is 0 Å². The molecule has 43 valence electrons. The number of rotatable bonds is 0. The van der Waals surface area contributed by atoms with E-state index >= 15 is 0 Å². The number of hydrogen-bond acceptors (Lipinski definition) is 2. The van der Waals surface area contributed by atoms with Gasteiger partial charge in [-0.05, 0) is 32.4 Å². The van der Waals surface area contributed by atoms with Crippen molar-refractivity contribution in [3.05, 3.63) is 6.42 Å². The molecule has 0 bridgehead atoms. The minimum atomic E-state index is 0.125. The standard InChI is InChI=1S/C5H10N.O.Zn/c1-2-4-6-5-3-1;;/h1,6H,2-5H2;;. The SMILES string of the molecule is [CH]1CCNCC1.[O]=[Zn]. The summed E-state index contributed by atoms with van der Waals surface area (Å²) in [6.07, 6.45) is 4.86. The van der Waals surface area contributed by atoms with Crippen molar-refractivity contribution >= 4 is 0 Å². The molecule has 0 aromatic carbocycles. The van der Waals surface area contributed by atoms with Crippen LogP contribution in [0.3, 0.4) is 0 Å². The average Bonchev–Trinajstić information content (AvgIpc) is 1.96. The summed E-state index contributed by atoms with van der Waals surface area (Å²) < 4.78 is 8.38. The third-order valence-electron chi connectivity index (χ3n) is 1.05. The van der Waals surface area contributed by atoms with Crippen molar-refractivity contribution in [2.45, 2.75) is 12.8 Å². The summed E-state index contributed by atoms with van der Waals surface area (Å²) >= 11 is 0.125. The maximum atomic E-state index is 8.38. The van der Waals surface area contributed by atoms with Gasteiger partial charge in [-0.15, -0.1) is 0 Å². The monoisotopic (exact) mass is 164 g/mol. The molecule has 1 N–H and O–H groups in total. The van der Waals surface area contributed by atoms with Gasteiger partial charge in [-0.3, -0.25) is 0 Å². The Hall–Kier alpha value is 0.383. The van der Waals surface area contributed by atoms with E-state index in [9.17, 15) is 0 Å². The zero-order chi connectivity index (χ0) is 6.24. The number of nitrogens with one attached hydrogen (secondary N) is 1. The Morgan fingerprint density at radius 2 is 1.75 bits per heavy atom. The summed E-state index contributed by atoms with van der Waals surface area (Å²) in [6.45, 7) is 2.39. The van der Waals surface area contributed by atoms with Crippen LogP contribution in [0.5, 0.6) is 0 Å². The molecule has 0 aromatic heterocycles. The Labute approximate surface area is 60.0 Å². The third-order valence-corrected chi connectivity index (χ3v) is 1.05. The summed E-state index contributed by atoms with van der Waals surface area (Å²) in [5.41, 5.74) is 0. The minimum absolute atomic E-state index is 0.125. The fourth-order valence-electron chi connectivity index (χ4n) is 0.678. The first kappa shape index (κ1) is 8.38. The van der Waals surface area contributed by atoms with Crippen molar-refractivity contribution in [3.8, 4) is 0 Å². The molecule has 0 spiro atoms. The summed E-state index contributed by atoms with van der Waals surface area (Å²) in [5, 5.41) is 3.25.